The summed E-state index contributed by atoms with van der Waals surface area (Å²) in [7, 11) is 1.39. The van der Waals surface area contributed by atoms with Crippen molar-refractivity contribution in [2.24, 2.45) is 0 Å². The number of carboxylic acids is 1. The minimum Gasteiger partial charge on any atom is -0.494 e. The number of aromatic nitrogens is 1. The van der Waals surface area contributed by atoms with Crippen LogP contribution in [0.5, 0.6) is 5.75 Å². The van der Waals surface area contributed by atoms with Gasteiger partial charge in [-0.3, -0.25) is 4.79 Å². The van der Waals surface area contributed by atoms with Gasteiger partial charge in [-0.05, 0) is 25.1 Å². The van der Waals surface area contributed by atoms with Gasteiger partial charge in [0.2, 0.25) is 0 Å². The fourth-order valence-electron chi connectivity index (χ4n) is 1.65. The maximum atomic E-state index is 13.3. The van der Waals surface area contributed by atoms with Crippen molar-refractivity contribution in [3.8, 4) is 16.3 Å². The van der Waals surface area contributed by atoms with Crippen LogP contribution in [0.2, 0.25) is 0 Å². The standard InChI is InChI=1S/C13H12FNO3S/c1-7-11(6-12(16)17)19-13(15-7)8-3-4-9(14)10(5-8)18-2/h3-5H,6H2,1-2H3,(H,16,17). The van der Waals surface area contributed by atoms with E-state index >= 15 is 0 Å². The molecule has 4 nitrogen and oxygen atoms in total. The number of thiazole rings is 1. The second-order valence-corrected chi connectivity index (χ2v) is 5.03. The topological polar surface area (TPSA) is 59.4 Å². The zero-order valence-electron chi connectivity index (χ0n) is 10.4. The second kappa shape index (κ2) is 5.36. The van der Waals surface area contributed by atoms with E-state index in [0.29, 0.717) is 21.1 Å². The van der Waals surface area contributed by atoms with Gasteiger partial charge in [-0.1, -0.05) is 0 Å². The van der Waals surface area contributed by atoms with Crippen LogP contribution in [0.3, 0.4) is 0 Å². The molecular weight excluding hydrogens is 269 g/mol. The molecule has 0 atom stereocenters. The Bertz CT molecular complexity index is 624. The van der Waals surface area contributed by atoms with E-state index in [0.717, 1.165) is 0 Å². The fourth-order valence-corrected chi connectivity index (χ4v) is 2.70. The summed E-state index contributed by atoms with van der Waals surface area (Å²) in [6, 6.07) is 4.46. The lowest BCUT2D eigenvalue weighted by atomic mass is 10.2. The molecule has 0 fully saturated rings. The largest absolute Gasteiger partial charge is 0.494 e. The molecule has 1 aromatic heterocycles. The summed E-state index contributed by atoms with van der Waals surface area (Å²) in [4.78, 5) is 15.7. The highest BCUT2D eigenvalue weighted by molar-refractivity contribution is 7.15. The van der Waals surface area contributed by atoms with Crippen molar-refractivity contribution in [3.05, 3.63) is 34.6 Å². The molecule has 19 heavy (non-hydrogen) atoms. The summed E-state index contributed by atoms with van der Waals surface area (Å²) in [6.07, 6.45) is -0.0537. The molecule has 0 saturated heterocycles. The predicted molar refractivity (Wildman–Crippen MR) is 70.1 cm³/mol. The zero-order chi connectivity index (χ0) is 14.0. The Morgan fingerprint density at radius 3 is 2.89 bits per heavy atom. The van der Waals surface area contributed by atoms with Gasteiger partial charge in [0.05, 0.1) is 19.2 Å². The van der Waals surface area contributed by atoms with Crippen LogP contribution in [0.15, 0.2) is 18.2 Å². The smallest absolute Gasteiger partial charge is 0.308 e. The maximum Gasteiger partial charge on any atom is 0.308 e. The molecule has 0 aliphatic rings. The fraction of sp³-hybridized carbons (Fsp3) is 0.231. The number of benzene rings is 1. The van der Waals surface area contributed by atoms with Crippen molar-refractivity contribution >= 4 is 17.3 Å². The van der Waals surface area contributed by atoms with Crippen LogP contribution in [0.25, 0.3) is 10.6 Å². The number of carbonyl (C=O) groups is 1. The van der Waals surface area contributed by atoms with E-state index in [2.05, 4.69) is 4.98 Å². The normalized spacial score (nSPS) is 10.5. The first-order chi connectivity index (χ1) is 9.01. The summed E-state index contributed by atoms with van der Waals surface area (Å²) in [5.41, 5.74) is 1.40. The second-order valence-electron chi connectivity index (χ2n) is 3.95. The average molecular weight is 281 g/mol. The Labute approximate surface area is 113 Å². The van der Waals surface area contributed by atoms with Gasteiger partial charge in [0.15, 0.2) is 11.6 Å². The van der Waals surface area contributed by atoms with Crippen LogP contribution in [0.1, 0.15) is 10.6 Å². The van der Waals surface area contributed by atoms with Crippen molar-refractivity contribution in [1.82, 2.24) is 4.98 Å². The zero-order valence-corrected chi connectivity index (χ0v) is 11.3. The molecule has 2 aromatic rings. The molecule has 0 aliphatic heterocycles. The van der Waals surface area contributed by atoms with E-state index in [1.165, 1.54) is 24.5 Å². The molecule has 2 rings (SSSR count). The summed E-state index contributed by atoms with van der Waals surface area (Å²) < 4.78 is 18.2. The molecule has 6 heteroatoms. The molecule has 0 radical (unpaired) electrons. The van der Waals surface area contributed by atoms with Crippen molar-refractivity contribution in [2.75, 3.05) is 7.11 Å². The van der Waals surface area contributed by atoms with Crippen LogP contribution in [0, 0.1) is 12.7 Å². The van der Waals surface area contributed by atoms with Gasteiger partial charge >= 0.3 is 5.97 Å². The summed E-state index contributed by atoms with van der Waals surface area (Å²) in [5.74, 6) is -1.19. The molecular formula is C13H12FNO3S. The van der Waals surface area contributed by atoms with Gasteiger partial charge in [-0.15, -0.1) is 11.3 Å². The van der Waals surface area contributed by atoms with E-state index in [-0.39, 0.29) is 12.2 Å². The van der Waals surface area contributed by atoms with E-state index in [4.69, 9.17) is 9.84 Å². The maximum absolute atomic E-state index is 13.3. The number of nitrogens with zero attached hydrogens (tertiary/aromatic N) is 1. The van der Waals surface area contributed by atoms with Crippen molar-refractivity contribution in [1.29, 1.82) is 0 Å². The van der Waals surface area contributed by atoms with Gasteiger partial charge in [0, 0.05) is 10.4 Å². The highest BCUT2D eigenvalue weighted by atomic mass is 32.1. The molecule has 100 valence electrons. The molecule has 1 aromatic carbocycles. The number of ether oxygens (including phenoxy) is 1. The lowest BCUT2D eigenvalue weighted by Gasteiger charge is -2.03. The molecule has 0 amide bonds. The Morgan fingerprint density at radius 2 is 2.26 bits per heavy atom. The van der Waals surface area contributed by atoms with Gasteiger partial charge in [-0.25, -0.2) is 9.37 Å². The molecule has 0 saturated carbocycles. The number of aryl methyl sites for hydroxylation is 1. The summed E-state index contributed by atoms with van der Waals surface area (Å²) >= 11 is 1.30. The number of rotatable bonds is 4. The Morgan fingerprint density at radius 1 is 1.53 bits per heavy atom. The molecule has 1 N–H and O–H groups in total. The Hall–Kier alpha value is -1.95. The minimum absolute atomic E-state index is 0.0537. The van der Waals surface area contributed by atoms with E-state index in [1.807, 2.05) is 0 Å². The Kier molecular flexibility index (Phi) is 3.80. The number of hydrogen-bond donors (Lipinski definition) is 1. The first-order valence-corrected chi connectivity index (χ1v) is 6.35. The highest BCUT2D eigenvalue weighted by Crippen LogP contribution is 2.31. The first kappa shape index (κ1) is 13.5. The van der Waals surface area contributed by atoms with Gasteiger partial charge < -0.3 is 9.84 Å². The van der Waals surface area contributed by atoms with Crippen LogP contribution in [-0.4, -0.2) is 23.2 Å². The quantitative estimate of drug-likeness (QED) is 0.936. The van der Waals surface area contributed by atoms with Gasteiger partial charge in [0.25, 0.3) is 0 Å². The number of halogens is 1. The molecule has 0 bridgehead atoms. The SMILES string of the molecule is COc1cc(-c2nc(C)c(CC(=O)O)s2)ccc1F. The monoisotopic (exact) mass is 281 g/mol. The van der Waals surface area contributed by atoms with Crippen molar-refractivity contribution < 1.29 is 19.0 Å². The van der Waals surface area contributed by atoms with Crippen LogP contribution >= 0.6 is 11.3 Å². The summed E-state index contributed by atoms with van der Waals surface area (Å²) in [6.45, 7) is 1.76. The lowest BCUT2D eigenvalue weighted by molar-refractivity contribution is -0.136. The number of hydrogen-bond acceptors (Lipinski definition) is 4. The molecule has 0 spiro atoms. The number of aliphatic carboxylic acids is 1. The predicted octanol–water partition coefficient (Wildman–Crippen LogP) is 2.89. The molecule has 1 heterocycles. The third-order valence-corrected chi connectivity index (χ3v) is 3.81. The van der Waals surface area contributed by atoms with Crippen LogP contribution < -0.4 is 4.74 Å². The van der Waals surface area contributed by atoms with E-state index in [1.54, 1.807) is 19.1 Å². The third kappa shape index (κ3) is 2.90. The highest BCUT2D eigenvalue weighted by Gasteiger charge is 2.13. The van der Waals surface area contributed by atoms with E-state index < -0.39 is 11.8 Å². The third-order valence-electron chi connectivity index (χ3n) is 2.60. The molecule has 0 aliphatic carbocycles. The number of methoxy groups -OCH3 is 1. The van der Waals surface area contributed by atoms with Gasteiger partial charge in [-0.2, -0.15) is 0 Å². The van der Waals surface area contributed by atoms with E-state index in [9.17, 15) is 9.18 Å². The van der Waals surface area contributed by atoms with Crippen LogP contribution in [-0.2, 0) is 11.2 Å². The lowest BCUT2D eigenvalue weighted by Crippen LogP contribution is -1.99. The van der Waals surface area contributed by atoms with Crippen molar-refractivity contribution in [3.63, 3.8) is 0 Å². The van der Waals surface area contributed by atoms with Crippen molar-refractivity contribution in [2.45, 2.75) is 13.3 Å². The van der Waals surface area contributed by atoms with Crippen LogP contribution in [0.4, 0.5) is 4.39 Å². The Balaban J connectivity index is 2.39. The average Bonchev–Trinajstić information content (AvgIpc) is 2.71. The molecule has 0 unspecified atom stereocenters. The minimum atomic E-state index is -0.894. The summed E-state index contributed by atoms with van der Waals surface area (Å²) in [5, 5.41) is 9.46. The first-order valence-electron chi connectivity index (χ1n) is 5.53. The van der Waals surface area contributed by atoms with Gasteiger partial charge in [0.1, 0.15) is 5.01 Å². The number of carboxylic acid groups (broad SMARTS) is 1.